The van der Waals surface area contributed by atoms with Crippen molar-refractivity contribution in [2.75, 3.05) is 26.0 Å². The first-order valence-electron chi connectivity index (χ1n) is 9.42. The van der Waals surface area contributed by atoms with Crippen LogP contribution >= 0.6 is 0 Å². The van der Waals surface area contributed by atoms with Gasteiger partial charge in [0.1, 0.15) is 0 Å². The molecule has 2 aliphatic rings. The molecule has 1 saturated carbocycles. The molecule has 1 saturated heterocycles. The van der Waals surface area contributed by atoms with Crippen molar-refractivity contribution in [1.82, 2.24) is 14.5 Å². The van der Waals surface area contributed by atoms with Gasteiger partial charge in [0.05, 0.1) is 30.3 Å². The number of imidazole rings is 1. The van der Waals surface area contributed by atoms with Crippen LogP contribution in [0.5, 0.6) is 0 Å². The highest BCUT2D eigenvalue weighted by Gasteiger charge is 2.33. The average Bonchev–Trinajstić information content (AvgIpc) is 3.00. The van der Waals surface area contributed by atoms with Gasteiger partial charge >= 0.3 is 0 Å². The Morgan fingerprint density at radius 1 is 1.36 bits per heavy atom. The number of sulfone groups is 1. The molecule has 0 spiro atoms. The van der Waals surface area contributed by atoms with Gasteiger partial charge in [-0.05, 0) is 44.6 Å². The fraction of sp³-hybridized carbons (Fsp3) is 0.833. The first-order valence-corrected chi connectivity index (χ1v) is 11.1. The van der Waals surface area contributed by atoms with Crippen LogP contribution in [-0.2, 0) is 27.7 Å². The number of ether oxygens (including phenoxy) is 1. The SMILES string of the molecule is CC(C)CN(C)Cc1cnc(S(=O)(=O)CC2CC2)n1CC1CCCO1. The van der Waals surface area contributed by atoms with Crippen molar-refractivity contribution in [1.29, 1.82) is 0 Å². The molecule has 0 N–H and O–H groups in total. The quantitative estimate of drug-likeness (QED) is 0.668. The first-order chi connectivity index (χ1) is 11.8. The van der Waals surface area contributed by atoms with E-state index < -0.39 is 9.84 Å². The van der Waals surface area contributed by atoms with E-state index in [0.717, 1.165) is 44.5 Å². The minimum Gasteiger partial charge on any atom is -0.376 e. The molecule has 1 aromatic rings. The summed E-state index contributed by atoms with van der Waals surface area (Å²) in [6, 6.07) is 0. The van der Waals surface area contributed by atoms with E-state index >= 15 is 0 Å². The molecule has 6 nitrogen and oxygen atoms in total. The number of nitrogens with zero attached hydrogens (tertiary/aromatic N) is 3. The van der Waals surface area contributed by atoms with Crippen LogP contribution in [0.15, 0.2) is 11.4 Å². The van der Waals surface area contributed by atoms with Gasteiger partial charge in [-0.1, -0.05) is 13.8 Å². The summed E-state index contributed by atoms with van der Waals surface area (Å²) in [5.74, 6) is 1.12. The van der Waals surface area contributed by atoms with E-state index in [1.54, 1.807) is 6.20 Å². The molecule has 142 valence electrons. The van der Waals surface area contributed by atoms with Gasteiger partial charge in [-0.2, -0.15) is 0 Å². The van der Waals surface area contributed by atoms with Gasteiger partial charge in [0.25, 0.3) is 0 Å². The Labute approximate surface area is 151 Å². The molecule has 1 unspecified atom stereocenters. The molecule has 1 aliphatic heterocycles. The van der Waals surface area contributed by atoms with Crippen LogP contribution in [0.4, 0.5) is 0 Å². The van der Waals surface area contributed by atoms with Gasteiger partial charge in [0, 0.05) is 19.7 Å². The minimum absolute atomic E-state index is 0.0956. The summed E-state index contributed by atoms with van der Waals surface area (Å²) >= 11 is 0. The highest BCUT2D eigenvalue weighted by atomic mass is 32.2. The molecule has 0 amide bonds. The zero-order valence-corrected chi connectivity index (χ0v) is 16.5. The molecule has 25 heavy (non-hydrogen) atoms. The third-order valence-electron chi connectivity index (χ3n) is 4.85. The molecule has 1 aliphatic carbocycles. The Morgan fingerprint density at radius 2 is 2.12 bits per heavy atom. The van der Waals surface area contributed by atoms with E-state index in [2.05, 4.69) is 30.8 Å². The number of rotatable bonds is 9. The monoisotopic (exact) mass is 369 g/mol. The summed E-state index contributed by atoms with van der Waals surface area (Å²) in [5, 5.41) is 0.239. The zero-order chi connectivity index (χ0) is 18.0. The van der Waals surface area contributed by atoms with E-state index in [0.29, 0.717) is 24.9 Å². The average molecular weight is 370 g/mol. The van der Waals surface area contributed by atoms with E-state index in [4.69, 9.17) is 4.74 Å². The van der Waals surface area contributed by atoms with Crippen molar-refractivity contribution in [2.45, 2.75) is 63.9 Å². The number of aromatic nitrogens is 2. The Balaban J connectivity index is 1.83. The molecule has 0 bridgehead atoms. The minimum atomic E-state index is -3.33. The highest BCUT2D eigenvalue weighted by Crippen LogP contribution is 2.32. The standard InChI is InChI=1S/C18H31N3O3S/c1-14(2)10-20(3)11-16-9-19-18(25(22,23)13-15-6-7-15)21(16)12-17-5-4-8-24-17/h9,14-15,17H,4-8,10-13H2,1-3H3. The van der Waals surface area contributed by atoms with Crippen molar-refractivity contribution in [2.24, 2.45) is 11.8 Å². The van der Waals surface area contributed by atoms with Crippen LogP contribution in [0.25, 0.3) is 0 Å². The predicted octanol–water partition coefficient (Wildman–Crippen LogP) is 2.33. The molecule has 2 fully saturated rings. The van der Waals surface area contributed by atoms with Gasteiger partial charge in [0.15, 0.2) is 0 Å². The molecule has 0 radical (unpaired) electrons. The normalized spacial score (nSPS) is 21.6. The third-order valence-corrected chi connectivity index (χ3v) is 6.64. The number of hydrogen-bond acceptors (Lipinski definition) is 5. The fourth-order valence-corrected chi connectivity index (χ4v) is 5.43. The summed E-state index contributed by atoms with van der Waals surface area (Å²) in [6.45, 7) is 7.40. The Bertz CT molecular complexity index is 674. The van der Waals surface area contributed by atoms with Crippen LogP contribution < -0.4 is 0 Å². The second kappa shape index (κ2) is 7.76. The van der Waals surface area contributed by atoms with E-state index in [1.165, 1.54) is 0 Å². The Kier molecular flexibility index (Phi) is 5.85. The maximum Gasteiger partial charge on any atom is 0.227 e. The lowest BCUT2D eigenvalue weighted by molar-refractivity contribution is 0.0933. The lowest BCUT2D eigenvalue weighted by Crippen LogP contribution is -2.27. The van der Waals surface area contributed by atoms with Crippen molar-refractivity contribution >= 4 is 9.84 Å². The maximum atomic E-state index is 12.8. The van der Waals surface area contributed by atoms with Crippen molar-refractivity contribution < 1.29 is 13.2 Å². The van der Waals surface area contributed by atoms with Crippen LogP contribution in [0, 0.1) is 11.8 Å². The lowest BCUT2D eigenvalue weighted by Gasteiger charge is -2.21. The topological polar surface area (TPSA) is 64.4 Å². The van der Waals surface area contributed by atoms with Crippen molar-refractivity contribution in [3.63, 3.8) is 0 Å². The third kappa shape index (κ3) is 5.05. The highest BCUT2D eigenvalue weighted by molar-refractivity contribution is 7.91. The smallest absolute Gasteiger partial charge is 0.227 e. The molecule has 3 rings (SSSR count). The van der Waals surface area contributed by atoms with E-state index in [9.17, 15) is 8.42 Å². The summed E-state index contributed by atoms with van der Waals surface area (Å²) in [7, 11) is -1.26. The van der Waals surface area contributed by atoms with Crippen LogP contribution in [0.1, 0.15) is 45.2 Å². The molecule has 0 aromatic carbocycles. The summed E-state index contributed by atoms with van der Waals surface area (Å²) < 4.78 is 33.3. The summed E-state index contributed by atoms with van der Waals surface area (Å²) in [6.07, 6.45) is 5.92. The largest absolute Gasteiger partial charge is 0.376 e. The van der Waals surface area contributed by atoms with Crippen LogP contribution in [0.2, 0.25) is 0 Å². The Morgan fingerprint density at radius 3 is 2.72 bits per heavy atom. The first kappa shape index (κ1) is 18.9. The summed E-state index contributed by atoms with van der Waals surface area (Å²) in [4.78, 5) is 6.56. The van der Waals surface area contributed by atoms with Crippen LogP contribution in [0.3, 0.4) is 0 Å². The van der Waals surface area contributed by atoms with Crippen molar-refractivity contribution in [3.05, 3.63) is 11.9 Å². The van der Waals surface area contributed by atoms with E-state index in [1.807, 2.05) is 4.57 Å². The van der Waals surface area contributed by atoms with Crippen LogP contribution in [-0.4, -0.2) is 54.9 Å². The Hall–Kier alpha value is -0.920. The molecule has 7 heteroatoms. The summed E-state index contributed by atoms with van der Waals surface area (Å²) in [5.41, 5.74) is 0.966. The molecule has 1 atom stereocenters. The molecule has 1 aromatic heterocycles. The second-order valence-electron chi connectivity index (χ2n) is 8.09. The number of hydrogen-bond donors (Lipinski definition) is 0. The molecular formula is C18H31N3O3S. The maximum absolute atomic E-state index is 12.8. The molecular weight excluding hydrogens is 338 g/mol. The molecule has 2 heterocycles. The lowest BCUT2D eigenvalue weighted by atomic mass is 10.2. The van der Waals surface area contributed by atoms with Crippen molar-refractivity contribution in [3.8, 4) is 0 Å². The van der Waals surface area contributed by atoms with Gasteiger partial charge < -0.3 is 14.2 Å². The fourth-order valence-electron chi connectivity index (χ4n) is 3.59. The second-order valence-corrected chi connectivity index (χ2v) is 10.0. The van der Waals surface area contributed by atoms with Gasteiger partial charge in [-0.15, -0.1) is 0 Å². The van der Waals surface area contributed by atoms with Gasteiger partial charge in [-0.25, -0.2) is 13.4 Å². The zero-order valence-electron chi connectivity index (χ0n) is 15.6. The van der Waals surface area contributed by atoms with Gasteiger partial charge in [0.2, 0.25) is 15.0 Å². The van der Waals surface area contributed by atoms with Gasteiger partial charge in [-0.3, -0.25) is 0 Å². The predicted molar refractivity (Wildman–Crippen MR) is 97.1 cm³/mol. The van der Waals surface area contributed by atoms with E-state index in [-0.39, 0.29) is 17.0 Å².